The second-order valence-electron chi connectivity index (χ2n) is 15.8. The van der Waals surface area contributed by atoms with Gasteiger partial charge in [0.15, 0.2) is 0 Å². The molecule has 0 bridgehead atoms. The molecule has 3 atom stereocenters. The highest BCUT2D eigenvalue weighted by Crippen LogP contribution is 2.17. The lowest BCUT2D eigenvalue weighted by molar-refractivity contribution is -0.151. The Morgan fingerprint density at radius 2 is 0.944 bits per heavy atom. The van der Waals surface area contributed by atoms with Crippen molar-refractivity contribution < 1.29 is 24.5 Å². The number of allylic oxidation sites excluding steroid dienone is 6. The first-order valence-corrected chi connectivity index (χ1v) is 23.2. The van der Waals surface area contributed by atoms with Crippen LogP contribution in [0.25, 0.3) is 0 Å². The van der Waals surface area contributed by atoms with E-state index in [1.165, 1.54) is 103 Å². The van der Waals surface area contributed by atoms with E-state index in [-0.39, 0.29) is 24.9 Å². The summed E-state index contributed by atoms with van der Waals surface area (Å²) in [5, 5.41) is 23.6. The molecule has 0 heterocycles. The van der Waals surface area contributed by atoms with E-state index in [9.17, 15) is 19.8 Å². The van der Waals surface area contributed by atoms with Crippen molar-refractivity contribution in [1.82, 2.24) is 5.32 Å². The van der Waals surface area contributed by atoms with E-state index in [4.69, 9.17) is 4.74 Å². The van der Waals surface area contributed by atoms with E-state index in [0.717, 1.165) is 83.5 Å². The summed E-state index contributed by atoms with van der Waals surface area (Å²) in [5.74, 6) is -0.512. The van der Waals surface area contributed by atoms with Crippen molar-refractivity contribution in [2.75, 3.05) is 6.61 Å². The molecule has 1 amide bonds. The number of rotatable bonds is 41. The number of unbranched alkanes of at least 4 members (excludes halogenated alkanes) is 24. The van der Waals surface area contributed by atoms with E-state index < -0.39 is 18.2 Å². The molecule has 6 heteroatoms. The second kappa shape index (κ2) is 42.2. The summed E-state index contributed by atoms with van der Waals surface area (Å²) >= 11 is 0. The van der Waals surface area contributed by atoms with Gasteiger partial charge in [-0.1, -0.05) is 179 Å². The van der Waals surface area contributed by atoms with Gasteiger partial charge in [-0.05, 0) is 77.0 Å². The van der Waals surface area contributed by atoms with Crippen LogP contribution in [0.5, 0.6) is 0 Å². The monoisotopic (exact) mass is 760 g/mol. The van der Waals surface area contributed by atoms with Crippen LogP contribution in [-0.4, -0.2) is 46.9 Å². The van der Waals surface area contributed by atoms with E-state index in [1.54, 1.807) is 0 Å². The molecule has 0 aliphatic heterocycles. The average Bonchev–Trinajstić information content (AvgIpc) is 3.16. The van der Waals surface area contributed by atoms with Crippen LogP contribution in [0, 0.1) is 0 Å². The lowest BCUT2D eigenvalue weighted by atomic mass is 10.0. The molecule has 6 nitrogen and oxygen atoms in total. The van der Waals surface area contributed by atoms with E-state index in [0.29, 0.717) is 19.3 Å². The van der Waals surface area contributed by atoms with E-state index >= 15 is 0 Å². The Balaban J connectivity index is 4.66. The maximum absolute atomic E-state index is 13.1. The number of nitrogens with one attached hydrogen (secondary N) is 1. The smallest absolute Gasteiger partial charge is 0.306 e. The van der Waals surface area contributed by atoms with Gasteiger partial charge in [0.1, 0.15) is 6.10 Å². The maximum Gasteiger partial charge on any atom is 0.306 e. The van der Waals surface area contributed by atoms with Gasteiger partial charge < -0.3 is 20.3 Å². The van der Waals surface area contributed by atoms with Crippen molar-refractivity contribution in [2.24, 2.45) is 0 Å². The Bertz CT molecular complexity index is 900. The maximum atomic E-state index is 13.1. The van der Waals surface area contributed by atoms with Crippen molar-refractivity contribution in [3.8, 4) is 0 Å². The van der Waals surface area contributed by atoms with Gasteiger partial charge in [0, 0.05) is 6.42 Å². The Morgan fingerprint density at radius 1 is 0.537 bits per heavy atom. The van der Waals surface area contributed by atoms with Crippen molar-refractivity contribution in [3.05, 3.63) is 36.5 Å². The minimum atomic E-state index is -0.791. The number of aliphatic hydroxyl groups excluding tert-OH is 2. The van der Waals surface area contributed by atoms with Crippen LogP contribution < -0.4 is 5.32 Å². The summed E-state index contributed by atoms with van der Waals surface area (Å²) in [7, 11) is 0. The van der Waals surface area contributed by atoms with E-state index in [1.807, 2.05) is 0 Å². The van der Waals surface area contributed by atoms with Gasteiger partial charge in [-0.15, -0.1) is 0 Å². The van der Waals surface area contributed by atoms with Crippen LogP contribution in [0.4, 0.5) is 0 Å². The van der Waals surface area contributed by atoms with Crippen LogP contribution in [-0.2, 0) is 14.3 Å². The summed E-state index contributed by atoms with van der Waals surface area (Å²) in [6.45, 7) is 6.41. The Hall–Kier alpha value is -1.92. The van der Waals surface area contributed by atoms with Crippen LogP contribution in [0.15, 0.2) is 36.5 Å². The number of ether oxygens (including phenoxy) is 1. The highest BCUT2D eigenvalue weighted by atomic mass is 16.5. The third kappa shape index (κ3) is 37.0. The lowest BCUT2D eigenvalue weighted by Crippen LogP contribution is -2.46. The molecule has 0 saturated heterocycles. The fourth-order valence-electron chi connectivity index (χ4n) is 6.88. The third-order valence-corrected chi connectivity index (χ3v) is 10.5. The van der Waals surface area contributed by atoms with Gasteiger partial charge in [-0.2, -0.15) is 0 Å². The Kier molecular flexibility index (Phi) is 40.7. The van der Waals surface area contributed by atoms with Crippen molar-refractivity contribution >= 4 is 11.9 Å². The zero-order valence-corrected chi connectivity index (χ0v) is 35.9. The Labute approximate surface area is 334 Å². The fourth-order valence-corrected chi connectivity index (χ4v) is 6.88. The number of hydrogen-bond acceptors (Lipinski definition) is 5. The molecule has 54 heavy (non-hydrogen) atoms. The normalized spacial score (nSPS) is 13.6. The molecule has 0 aromatic rings. The van der Waals surface area contributed by atoms with Gasteiger partial charge in [-0.25, -0.2) is 0 Å². The highest BCUT2D eigenvalue weighted by Gasteiger charge is 2.24. The minimum absolute atomic E-state index is 0.0592. The SMILES string of the molecule is CCCCC/C=C/C=C/CCCCCCC(CC(=O)NC(CO)C(O)CCCCCCCCCCC)OC(=O)CCCCC/C=C\CCCCCCCC. The van der Waals surface area contributed by atoms with Gasteiger partial charge in [0.25, 0.3) is 0 Å². The number of esters is 1. The molecule has 0 aromatic heterocycles. The first kappa shape index (κ1) is 52.1. The predicted octanol–water partition coefficient (Wildman–Crippen LogP) is 13.3. The Morgan fingerprint density at radius 3 is 1.46 bits per heavy atom. The third-order valence-electron chi connectivity index (χ3n) is 10.5. The molecule has 0 aliphatic carbocycles. The summed E-state index contributed by atoms with van der Waals surface area (Å²) in [5.41, 5.74) is 0. The molecule has 3 unspecified atom stereocenters. The minimum Gasteiger partial charge on any atom is -0.462 e. The molecule has 0 aromatic carbocycles. The van der Waals surface area contributed by atoms with Crippen molar-refractivity contribution in [2.45, 2.75) is 251 Å². The van der Waals surface area contributed by atoms with Crippen LogP contribution >= 0.6 is 0 Å². The summed E-state index contributed by atoms with van der Waals surface area (Å²) in [6.07, 6.45) is 47.7. The van der Waals surface area contributed by atoms with Gasteiger partial charge in [-0.3, -0.25) is 9.59 Å². The molecule has 0 aliphatic rings. The zero-order chi connectivity index (χ0) is 39.6. The summed E-state index contributed by atoms with van der Waals surface area (Å²) in [4.78, 5) is 26.0. The average molecular weight is 760 g/mol. The first-order valence-electron chi connectivity index (χ1n) is 23.2. The van der Waals surface area contributed by atoms with Crippen molar-refractivity contribution in [1.29, 1.82) is 0 Å². The number of hydrogen-bond donors (Lipinski definition) is 3. The molecular weight excluding hydrogens is 671 g/mol. The predicted molar refractivity (Wildman–Crippen MR) is 232 cm³/mol. The molecule has 0 saturated carbocycles. The molecule has 0 spiro atoms. The largest absolute Gasteiger partial charge is 0.462 e. The number of amides is 1. The van der Waals surface area contributed by atoms with Crippen molar-refractivity contribution in [3.63, 3.8) is 0 Å². The zero-order valence-electron chi connectivity index (χ0n) is 35.9. The molecule has 0 radical (unpaired) electrons. The van der Waals surface area contributed by atoms with E-state index in [2.05, 4.69) is 62.5 Å². The number of aliphatic hydroxyl groups is 2. The van der Waals surface area contributed by atoms with Crippen LogP contribution in [0.3, 0.4) is 0 Å². The number of carbonyl (C=O) groups excluding carboxylic acids is 2. The van der Waals surface area contributed by atoms with Gasteiger partial charge in [0.2, 0.25) is 5.91 Å². The van der Waals surface area contributed by atoms with Gasteiger partial charge in [0.05, 0.1) is 25.2 Å². The standard InChI is InChI=1S/C48H89NO5/c1-4-7-10-13-16-19-21-23-25-28-30-33-36-39-44(54-48(53)41-38-35-32-29-26-24-22-20-17-14-11-8-5-2)42-47(52)49-45(43-50)46(51)40-37-34-31-27-18-15-12-9-6-3/h16,19,21,23-24,26,44-46,50-51H,4-15,17-18,20,22,25,27-43H2,1-3H3,(H,49,52)/b19-16+,23-21+,26-24-. The highest BCUT2D eigenvalue weighted by molar-refractivity contribution is 5.77. The first-order chi connectivity index (χ1) is 26.5. The summed E-state index contributed by atoms with van der Waals surface area (Å²) in [6, 6.07) is -0.706. The summed E-state index contributed by atoms with van der Waals surface area (Å²) < 4.78 is 5.89. The molecule has 316 valence electrons. The fraction of sp³-hybridized carbons (Fsp3) is 0.833. The van der Waals surface area contributed by atoms with Gasteiger partial charge >= 0.3 is 5.97 Å². The molecule has 0 fully saturated rings. The second-order valence-corrected chi connectivity index (χ2v) is 15.8. The topological polar surface area (TPSA) is 95.9 Å². The quantitative estimate of drug-likeness (QED) is 0.0250. The van der Waals surface area contributed by atoms with Crippen LogP contribution in [0.2, 0.25) is 0 Å². The number of carbonyl (C=O) groups is 2. The molecule has 3 N–H and O–H groups in total. The lowest BCUT2D eigenvalue weighted by Gasteiger charge is -2.24. The molecular formula is C48H89NO5. The van der Waals surface area contributed by atoms with Crippen LogP contribution in [0.1, 0.15) is 233 Å². The molecule has 0 rings (SSSR count).